The summed E-state index contributed by atoms with van der Waals surface area (Å²) in [6.45, 7) is 1.11. The number of aliphatic hydroxyl groups is 1. The van der Waals surface area contributed by atoms with Crippen molar-refractivity contribution in [1.82, 2.24) is 5.32 Å². The van der Waals surface area contributed by atoms with Gasteiger partial charge in [0.1, 0.15) is 18.5 Å². The Bertz CT molecular complexity index is 572. The maximum absolute atomic E-state index is 9.71. The number of aliphatic hydroxyl groups excluding tert-OH is 1. The van der Waals surface area contributed by atoms with Gasteiger partial charge in [0.25, 0.3) is 0 Å². The van der Waals surface area contributed by atoms with Crippen molar-refractivity contribution in [2.75, 3.05) is 19.7 Å². The third kappa shape index (κ3) is 4.96. The number of hydrogen-bond acceptors (Lipinski definition) is 3. The zero-order valence-electron chi connectivity index (χ0n) is 11.8. The Morgan fingerprint density at radius 2 is 1.71 bits per heavy atom. The summed E-state index contributed by atoms with van der Waals surface area (Å²) in [6, 6.07) is 18.0. The molecule has 0 aromatic heterocycles. The topological polar surface area (TPSA) is 41.5 Å². The van der Waals surface area contributed by atoms with Gasteiger partial charge >= 0.3 is 0 Å². The van der Waals surface area contributed by atoms with Crippen LogP contribution in [0.1, 0.15) is 0 Å². The van der Waals surface area contributed by atoms with Gasteiger partial charge < -0.3 is 15.2 Å². The van der Waals surface area contributed by atoms with Crippen molar-refractivity contribution in [2.24, 2.45) is 0 Å². The van der Waals surface area contributed by atoms with Crippen molar-refractivity contribution in [3.63, 3.8) is 0 Å². The lowest BCUT2D eigenvalue weighted by molar-refractivity contribution is 0.107. The predicted molar refractivity (Wildman–Crippen MR) is 85.1 cm³/mol. The third-order valence-corrected chi connectivity index (χ3v) is 3.01. The van der Waals surface area contributed by atoms with E-state index in [-0.39, 0.29) is 6.61 Å². The van der Waals surface area contributed by atoms with Crippen LogP contribution in [0.25, 0.3) is 11.1 Å². The zero-order valence-corrected chi connectivity index (χ0v) is 11.8. The van der Waals surface area contributed by atoms with Gasteiger partial charge in [-0.3, -0.25) is 0 Å². The molecule has 2 aromatic rings. The van der Waals surface area contributed by atoms with Crippen molar-refractivity contribution in [3.8, 4) is 29.2 Å². The number of ether oxygens (including phenoxy) is 1. The number of benzene rings is 2. The SMILES string of the molecule is C#CCNCC(O)COc1ccc(-c2ccccc2)cc1. The molecule has 3 nitrogen and oxygen atoms in total. The summed E-state index contributed by atoms with van der Waals surface area (Å²) in [5, 5.41) is 12.6. The minimum absolute atomic E-state index is 0.238. The second kappa shape index (κ2) is 8.11. The second-order valence-corrected chi connectivity index (χ2v) is 4.69. The Kier molecular flexibility index (Phi) is 5.83. The van der Waals surface area contributed by atoms with Crippen LogP contribution in [0.2, 0.25) is 0 Å². The average Bonchev–Trinajstić information content (AvgIpc) is 2.54. The fourth-order valence-corrected chi connectivity index (χ4v) is 1.94. The van der Waals surface area contributed by atoms with Gasteiger partial charge in [-0.2, -0.15) is 0 Å². The Morgan fingerprint density at radius 3 is 2.38 bits per heavy atom. The van der Waals surface area contributed by atoms with Gasteiger partial charge in [-0.1, -0.05) is 48.4 Å². The van der Waals surface area contributed by atoms with E-state index in [0.717, 1.165) is 11.3 Å². The summed E-state index contributed by atoms with van der Waals surface area (Å²) >= 11 is 0. The molecule has 3 heteroatoms. The molecular formula is C18H19NO2. The van der Waals surface area contributed by atoms with Crippen LogP contribution in [0.4, 0.5) is 0 Å². The average molecular weight is 281 g/mol. The van der Waals surface area contributed by atoms with Crippen LogP contribution in [0.3, 0.4) is 0 Å². The molecule has 108 valence electrons. The first-order valence-corrected chi connectivity index (χ1v) is 6.90. The highest BCUT2D eigenvalue weighted by atomic mass is 16.5. The van der Waals surface area contributed by atoms with E-state index in [2.05, 4.69) is 23.4 Å². The van der Waals surface area contributed by atoms with Gasteiger partial charge in [0.2, 0.25) is 0 Å². The highest BCUT2D eigenvalue weighted by Gasteiger charge is 2.04. The predicted octanol–water partition coefficient (Wildman–Crippen LogP) is 2.32. The molecule has 1 atom stereocenters. The van der Waals surface area contributed by atoms with Crippen LogP contribution < -0.4 is 10.1 Å². The first-order valence-electron chi connectivity index (χ1n) is 6.90. The monoisotopic (exact) mass is 281 g/mol. The molecule has 21 heavy (non-hydrogen) atoms. The van der Waals surface area contributed by atoms with Crippen molar-refractivity contribution >= 4 is 0 Å². The van der Waals surface area contributed by atoms with Crippen molar-refractivity contribution in [1.29, 1.82) is 0 Å². The highest BCUT2D eigenvalue weighted by Crippen LogP contribution is 2.22. The lowest BCUT2D eigenvalue weighted by Crippen LogP contribution is -2.31. The molecule has 0 spiro atoms. The summed E-state index contributed by atoms with van der Waals surface area (Å²) in [6.07, 6.45) is 4.54. The molecule has 0 aliphatic heterocycles. The summed E-state index contributed by atoms with van der Waals surface area (Å²) in [5.74, 6) is 3.20. The van der Waals surface area contributed by atoms with Gasteiger partial charge in [-0.05, 0) is 23.3 Å². The molecule has 2 aromatic carbocycles. The maximum Gasteiger partial charge on any atom is 0.119 e. The molecule has 2 rings (SSSR count). The van der Waals surface area contributed by atoms with Crippen molar-refractivity contribution in [3.05, 3.63) is 54.6 Å². The standard InChI is InChI=1S/C18H19NO2/c1-2-12-19-13-17(20)14-21-18-10-8-16(9-11-18)15-6-4-3-5-7-15/h1,3-11,17,19-20H,12-14H2. The normalized spacial score (nSPS) is 11.6. The van der Waals surface area contributed by atoms with Crippen LogP contribution in [-0.2, 0) is 0 Å². The van der Waals surface area contributed by atoms with E-state index in [1.54, 1.807) is 0 Å². The zero-order chi connectivity index (χ0) is 14.9. The quantitative estimate of drug-likeness (QED) is 0.604. The molecule has 0 saturated heterocycles. The fraction of sp³-hybridized carbons (Fsp3) is 0.222. The molecule has 0 aliphatic carbocycles. The molecule has 1 unspecified atom stereocenters. The molecule has 0 fully saturated rings. The van der Waals surface area contributed by atoms with Crippen molar-refractivity contribution < 1.29 is 9.84 Å². The Hall–Kier alpha value is -2.28. The van der Waals surface area contributed by atoms with Gasteiger partial charge in [-0.15, -0.1) is 6.42 Å². The minimum Gasteiger partial charge on any atom is -0.491 e. The van der Waals surface area contributed by atoms with E-state index in [9.17, 15) is 5.11 Å². The Labute approximate surface area is 125 Å². The lowest BCUT2D eigenvalue weighted by Gasteiger charge is -2.12. The molecule has 2 N–H and O–H groups in total. The number of rotatable bonds is 7. The second-order valence-electron chi connectivity index (χ2n) is 4.69. The van der Waals surface area contributed by atoms with Gasteiger partial charge in [0.05, 0.1) is 6.54 Å². The summed E-state index contributed by atoms with van der Waals surface area (Å²) in [4.78, 5) is 0. The smallest absolute Gasteiger partial charge is 0.119 e. The van der Waals surface area contributed by atoms with Crippen LogP contribution >= 0.6 is 0 Å². The van der Waals surface area contributed by atoms with Crippen LogP contribution in [0.15, 0.2) is 54.6 Å². The molecule has 0 aliphatic rings. The van der Waals surface area contributed by atoms with E-state index in [4.69, 9.17) is 11.2 Å². The lowest BCUT2D eigenvalue weighted by atomic mass is 10.1. The maximum atomic E-state index is 9.71. The highest BCUT2D eigenvalue weighted by molar-refractivity contribution is 5.63. The van der Waals surface area contributed by atoms with Gasteiger partial charge in [0, 0.05) is 6.54 Å². The Morgan fingerprint density at radius 1 is 1.05 bits per heavy atom. The fourth-order valence-electron chi connectivity index (χ4n) is 1.94. The summed E-state index contributed by atoms with van der Waals surface area (Å²) in [5.41, 5.74) is 2.31. The van der Waals surface area contributed by atoms with E-state index >= 15 is 0 Å². The van der Waals surface area contributed by atoms with E-state index in [1.165, 1.54) is 5.56 Å². The van der Waals surface area contributed by atoms with Crippen molar-refractivity contribution in [2.45, 2.75) is 6.10 Å². The van der Waals surface area contributed by atoms with E-state index in [1.807, 2.05) is 42.5 Å². The molecule has 0 radical (unpaired) electrons. The molecular weight excluding hydrogens is 262 g/mol. The summed E-state index contributed by atoms with van der Waals surface area (Å²) < 4.78 is 5.55. The molecule has 0 heterocycles. The van der Waals surface area contributed by atoms with Gasteiger partial charge in [0.15, 0.2) is 0 Å². The molecule has 0 saturated carbocycles. The number of hydrogen-bond donors (Lipinski definition) is 2. The van der Waals surface area contributed by atoms with Gasteiger partial charge in [-0.25, -0.2) is 0 Å². The van der Waals surface area contributed by atoms with Crippen LogP contribution in [0, 0.1) is 12.3 Å². The molecule has 0 amide bonds. The van der Waals surface area contributed by atoms with E-state index in [0.29, 0.717) is 13.1 Å². The largest absolute Gasteiger partial charge is 0.491 e. The first-order chi connectivity index (χ1) is 10.3. The van der Waals surface area contributed by atoms with Crippen LogP contribution in [-0.4, -0.2) is 30.9 Å². The van der Waals surface area contributed by atoms with Crippen LogP contribution in [0.5, 0.6) is 5.75 Å². The minimum atomic E-state index is -0.577. The molecule has 0 bridgehead atoms. The van der Waals surface area contributed by atoms with E-state index < -0.39 is 6.10 Å². The first kappa shape index (κ1) is 15.1. The third-order valence-electron chi connectivity index (χ3n) is 3.01. The number of nitrogens with one attached hydrogen (secondary N) is 1. The summed E-state index contributed by atoms with van der Waals surface area (Å²) in [7, 11) is 0. The number of terminal acetylenes is 1. The Balaban J connectivity index is 1.84.